The second-order valence-corrected chi connectivity index (χ2v) is 5.97. The van der Waals surface area contributed by atoms with Crippen molar-refractivity contribution in [1.82, 2.24) is 30.2 Å². The molecule has 1 aliphatic heterocycles. The van der Waals surface area contributed by atoms with E-state index in [1.807, 2.05) is 18.3 Å². The maximum Gasteiger partial charge on any atom is 0.223 e. The van der Waals surface area contributed by atoms with Gasteiger partial charge in [-0.15, -0.1) is 0 Å². The summed E-state index contributed by atoms with van der Waals surface area (Å²) in [4.78, 5) is 23.9. The van der Waals surface area contributed by atoms with E-state index < -0.39 is 0 Å². The minimum absolute atomic E-state index is 0.564. The van der Waals surface area contributed by atoms with Crippen LogP contribution in [0.4, 0.5) is 11.8 Å². The molecule has 4 heterocycles. The maximum atomic E-state index is 4.51. The molecule has 0 amide bonds. The van der Waals surface area contributed by atoms with Crippen LogP contribution in [0.25, 0.3) is 11.4 Å². The average molecular weight is 348 g/mol. The van der Waals surface area contributed by atoms with Gasteiger partial charge in [0.2, 0.25) is 5.95 Å². The van der Waals surface area contributed by atoms with E-state index >= 15 is 0 Å². The van der Waals surface area contributed by atoms with Gasteiger partial charge in [-0.2, -0.15) is 0 Å². The van der Waals surface area contributed by atoms with E-state index in [2.05, 4.69) is 46.5 Å². The first-order valence-corrected chi connectivity index (χ1v) is 8.62. The van der Waals surface area contributed by atoms with Crippen LogP contribution in [0.3, 0.4) is 0 Å². The summed E-state index contributed by atoms with van der Waals surface area (Å²) in [5, 5.41) is 6.63. The third kappa shape index (κ3) is 3.92. The highest BCUT2D eigenvalue weighted by Crippen LogP contribution is 2.16. The van der Waals surface area contributed by atoms with Crippen LogP contribution in [0.2, 0.25) is 0 Å². The summed E-state index contributed by atoms with van der Waals surface area (Å²) in [6, 6.07) is 5.94. The lowest BCUT2D eigenvalue weighted by Gasteiger charge is -2.28. The summed E-state index contributed by atoms with van der Waals surface area (Å²) < 4.78 is 0. The second kappa shape index (κ2) is 7.83. The first-order valence-electron chi connectivity index (χ1n) is 8.62. The fourth-order valence-electron chi connectivity index (χ4n) is 2.84. The van der Waals surface area contributed by atoms with Crippen LogP contribution in [0.15, 0.2) is 49.2 Å². The summed E-state index contributed by atoms with van der Waals surface area (Å²) >= 11 is 0. The largest absolute Gasteiger partial charge is 0.354 e. The highest BCUT2D eigenvalue weighted by Gasteiger charge is 2.12. The standard InChI is InChI=1S/C18H20N8/c1-3-22-17(26-9-7-19-8-10-26)11-14(1)12-24-18-23-4-2-15(25-18)16-13-20-5-6-21-16/h1-6,11,13,19H,7-10,12H2,(H,23,24,25). The molecule has 1 aliphatic rings. The van der Waals surface area contributed by atoms with Crippen LogP contribution >= 0.6 is 0 Å². The number of piperazine rings is 1. The zero-order valence-corrected chi connectivity index (χ0v) is 14.3. The molecule has 26 heavy (non-hydrogen) atoms. The lowest BCUT2D eigenvalue weighted by molar-refractivity contribution is 0.585. The molecular formula is C18H20N8. The molecule has 3 aromatic heterocycles. The Kier molecular flexibility index (Phi) is 4.92. The van der Waals surface area contributed by atoms with E-state index in [9.17, 15) is 0 Å². The number of hydrogen-bond acceptors (Lipinski definition) is 8. The van der Waals surface area contributed by atoms with Crippen LogP contribution in [-0.2, 0) is 6.54 Å². The summed E-state index contributed by atoms with van der Waals surface area (Å²) in [5.41, 5.74) is 2.61. The topological polar surface area (TPSA) is 91.8 Å². The number of nitrogens with zero attached hydrogens (tertiary/aromatic N) is 6. The molecule has 0 radical (unpaired) electrons. The molecule has 2 N–H and O–H groups in total. The molecule has 0 saturated carbocycles. The summed E-state index contributed by atoms with van der Waals surface area (Å²) in [6.07, 6.45) is 8.56. The minimum Gasteiger partial charge on any atom is -0.354 e. The molecule has 1 saturated heterocycles. The van der Waals surface area contributed by atoms with Gasteiger partial charge in [0.15, 0.2) is 0 Å². The van der Waals surface area contributed by atoms with Crippen molar-refractivity contribution in [3.05, 3.63) is 54.7 Å². The van der Waals surface area contributed by atoms with Crippen molar-refractivity contribution in [3.8, 4) is 11.4 Å². The van der Waals surface area contributed by atoms with Crippen molar-refractivity contribution >= 4 is 11.8 Å². The number of aromatic nitrogens is 5. The molecule has 0 bridgehead atoms. The van der Waals surface area contributed by atoms with E-state index in [0.29, 0.717) is 12.5 Å². The molecule has 4 rings (SSSR count). The Hall–Kier alpha value is -3.13. The lowest BCUT2D eigenvalue weighted by atomic mass is 10.2. The van der Waals surface area contributed by atoms with Crippen LogP contribution in [0.5, 0.6) is 0 Å². The lowest BCUT2D eigenvalue weighted by Crippen LogP contribution is -2.43. The van der Waals surface area contributed by atoms with Gasteiger partial charge in [-0.1, -0.05) is 0 Å². The van der Waals surface area contributed by atoms with Gasteiger partial charge in [-0.3, -0.25) is 9.97 Å². The van der Waals surface area contributed by atoms with E-state index in [0.717, 1.165) is 48.9 Å². The van der Waals surface area contributed by atoms with Gasteiger partial charge in [0.1, 0.15) is 11.5 Å². The first kappa shape index (κ1) is 16.3. The van der Waals surface area contributed by atoms with Gasteiger partial charge >= 0.3 is 0 Å². The summed E-state index contributed by atoms with van der Waals surface area (Å²) in [5.74, 6) is 1.58. The Bertz CT molecular complexity index is 849. The van der Waals surface area contributed by atoms with Crippen molar-refractivity contribution < 1.29 is 0 Å². The van der Waals surface area contributed by atoms with Crippen molar-refractivity contribution in [3.63, 3.8) is 0 Å². The van der Waals surface area contributed by atoms with E-state index in [1.165, 1.54) is 0 Å². The number of anilines is 2. The highest BCUT2D eigenvalue weighted by molar-refractivity contribution is 5.53. The van der Waals surface area contributed by atoms with Crippen LogP contribution < -0.4 is 15.5 Å². The van der Waals surface area contributed by atoms with Crippen molar-refractivity contribution in [1.29, 1.82) is 0 Å². The normalized spacial score (nSPS) is 14.2. The van der Waals surface area contributed by atoms with Crippen molar-refractivity contribution in [2.75, 3.05) is 36.4 Å². The van der Waals surface area contributed by atoms with Crippen molar-refractivity contribution in [2.24, 2.45) is 0 Å². The smallest absolute Gasteiger partial charge is 0.223 e. The fraction of sp³-hybridized carbons (Fsp3) is 0.278. The monoisotopic (exact) mass is 348 g/mol. The Balaban J connectivity index is 1.44. The molecule has 0 atom stereocenters. The fourth-order valence-corrected chi connectivity index (χ4v) is 2.84. The molecule has 8 heteroatoms. The zero-order valence-electron chi connectivity index (χ0n) is 14.3. The molecule has 1 fully saturated rings. The van der Waals surface area contributed by atoms with Gasteiger partial charge in [0, 0.05) is 57.5 Å². The molecule has 0 unspecified atom stereocenters. The third-order valence-electron chi connectivity index (χ3n) is 4.18. The van der Waals surface area contributed by atoms with E-state index in [-0.39, 0.29) is 0 Å². The number of hydrogen-bond donors (Lipinski definition) is 2. The first-order chi connectivity index (χ1) is 12.9. The highest BCUT2D eigenvalue weighted by atomic mass is 15.2. The second-order valence-electron chi connectivity index (χ2n) is 5.97. The predicted molar refractivity (Wildman–Crippen MR) is 99.7 cm³/mol. The number of rotatable bonds is 5. The van der Waals surface area contributed by atoms with Gasteiger partial charge in [-0.25, -0.2) is 15.0 Å². The van der Waals surface area contributed by atoms with Gasteiger partial charge in [0.05, 0.1) is 11.9 Å². The van der Waals surface area contributed by atoms with Crippen molar-refractivity contribution in [2.45, 2.75) is 6.54 Å². The maximum absolute atomic E-state index is 4.51. The Labute approximate surface area is 151 Å². The molecule has 132 valence electrons. The molecule has 8 nitrogen and oxygen atoms in total. The Morgan fingerprint density at radius 3 is 2.69 bits per heavy atom. The zero-order chi connectivity index (χ0) is 17.6. The summed E-state index contributed by atoms with van der Waals surface area (Å²) in [6.45, 7) is 4.58. The molecular weight excluding hydrogens is 328 g/mol. The number of nitrogens with one attached hydrogen (secondary N) is 2. The van der Waals surface area contributed by atoms with Crippen LogP contribution in [-0.4, -0.2) is 51.1 Å². The van der Waals surface area contributed by atoms with Gasteiger partial charge in [-0.05, 0) is 23.8 Å². The quantitative estimate of drug-likeness (QED) is 0.714. The van der Waals surface area contributed by atoms with E-state index in [4.69, 9.17) is 0 Å². The number of pyridine rings is 1. The SMILES string of the molecule is c1cnc(-c2ccnc(NCc3ccnc(N4CCNCC4)c3)n2)cn1. The molecule has 3 aromatic rings. The molecule has 0 spiro atoms. The Morgan fingerprint density at radius 1 is 0.962 bits per heavy atom. The van der Waals surface area contributed by atoms with Crippen LogP contribution in [0, 0.1) is 0 Å². The Morgan fingerprint density at radius 2 is 1.85 bits per heavy atom. The summed E-state index contributed by atoms with van der Waals surface area (Å²) in [7, 11) is 0. The van der Waals surface area contributed by atoms with Crippen LogP contribution in [0.1, 0.15) is 5.56 Å². The third-order valence-corrected chi connectivity index (χ3v) is 4.18. The van der Waals surface area contributed by atoms with Gasteiger partial charge < -0.3 is 15.5 Å². The average Bonchev–Trinajstić information content (AvgIpc) is 2.74. The van der Waals surface area contributed by atoms with Gasteiger partial charge in [0.25, 0.3) is 0 Å². The molecule has 0 aromatic carbocycles. The molecule has 0 aliphatic carbocycles. The van der Waals surface area contributed by atoms with E-state index in [1.54, 1.807) is 24.8 Å². The minimum atomic E-state index is 0.564. The predicted octanol–water partition coefficient (Wildman–Crippen LogP) is 1.35.